The summed E-state index contributed by atoms with van der Waals surface area (Å²) in [6.45, 7) is 1.38. The normalized spacial score (nSPS) is 16.7. The summed E-state index contributed by atoms with van der Waals surface area (Å²) in [4.78, 5) is 13.1. The van der Waals surface area contributed by atoms with Crippen LogP contribution in [0.15, 0.2) is 48.5 Å². The third-order valence-electron chi connectivity index (χ3n) is 4.31. The fourth-order valence-electron chi connectivity index (χ4n) is 2.95. The Hall–Kier alpha value is -2.08. The van der Waals surface area contributed by atoms with Crippen LogP contribution in [-0.2, 0) is 4.74 Å². The molecule has 1 aromatic heterocycles. The van der Waals surface area contributed by atoms with E-state index < -0.39 is 0 Å². The van der Waals surface area contributed by atoms with Gasteiger partial charge in [-0.3, -0.25) is 4.79 Å². The van der Waals surface area contributed by atoms with Crippen molar-refractivity contribution in [2.45, 2.75) is 18.9 Å². The SMILES string of the molecule is O=C(Nc1ccc(OCC2CCCO2)cc1)c1sc2ccccc2c1Cl. The van der Waals surface area contributed by atoms with Gasteiger partial charge in [0.15, 0.2) is 0 Å². The Balaban J connectivity index is 1.41. The third-order valence-corrected chi connectivity index (χ3v) is 5.99. The van der Waals surface area contributed by atoms with E-state index >= 15 is 0 Å². The zero-order chi connectivity index (χ0) is 17.9. The molecule has 0 bridgehead atoms. The second kappa shape index (κ2) is 7.66. The zero-order valence-electron chi connectivity index (χ0n) is 14.0. The zero-order valence-corrected chi connectivity index (χ0v) is 15.6. The van der Waals surface area contributed by atoms with E-state index in [1.807, 2.05) is 48.5 Å². The van der Waals surface area contributed by atoms with Crippen LogP contribution in [0.25, 0.3) is 10.1 Å². The highest BCUT2D eigenvalue weighted by Gasteiger charge is 2.18. The average molecular weight is 388 g/mol. The molecule has 0 saturated carbocycles. The number of ether oxygens (including phenoxy) is 2. The van der Waals surface area contributed by atoms with Crippen molar-refractivity contribution in [1.82, 2.24) is 0 Å². The van der Waals surface area contributed by atoms with Crippen LogP contribution in [0, 0.1) is 0 Å². The summed E-state index contributed by atoms with van der Waals surface area (Å²) in [6, 6.07) is 15.1. The molecule has 1 atom stereocenters. The topological polar surface area (TPSA) is 47.6 Å². The molecule has 1 N–H and O–H groups in total. The van der Waals surface area contributed by atoms with Gasteiger partial charge in [-0.15, -0.1) is 11.3 Å². The van der Waals surface area contributed by atoms with E-state index in [-0.39, 0.29) is 12.0 Å². The van der Waals surface area contributed by atoms with Gasteiger partial charge in [-0.1, -0.05) is 29.8 Å². The summed E-state index contributed by atoms with van der Waals surface area (Å²) >= 11 is 7.76. The number of carbonyl (C=O) groups excluding carboxylic acids is 1. The van der Waals surface area contributed by atoms with E-state index in [4.69, 9.17) is 21.1 Å². The highest BCUT2D eigenvalue weighted by molar-refractivity contribution is 7.21. The molecule has 1 saturated heterocycles. The van der Waals surface area contributed by atoms with E-state index in [1.165, 1.54) is 11.3 Å². The molecule has 0 radical (unpaired) electrons. The van der Waals surface area contributed by atoms with Gasteiger partial charge < -0.3 is 14.8 Å². The molecule has 134 valence electrons. The van der Waals surface area contributed by atoms with Gasteiger partial charge in [0.1, 0.15) is 17.2 Å². The molecule has 26 heavy (non-hydrogen) atoms. The molecule has 4 nitrogen and oxygen atoms in total. The van der Waals surface area contributed by atoms with Gasteiger partial charge in [0, 0.05) is 22.4 Å². The van der Waals surface area contributed by atoms with Crippen molar-refractivity contribution < 1.29 is 14.3 Å². The first-order chi connectivity index (χ1) is 12.7. The molecular weight excluding hydrogens is 370 g/mol. The van der Waals surface area contributed by atoms with Crippen LogP contribution in [0.2, 0.25) is 5.02 Å². The molecule has 1 amide bonds. The maximum absolute atomic E-state index is 12.6. The quantitative estimate of drug-likeness (QED) is 0.640. The molecule has 0 spiro atoms. The third kappa shape index (κ3) is 3.70. The van der Waals surface area contributed by atoms with Crippen molar-refractivity contribution in [3.63, 3.8) is 0 Å². The fourth-order valence-corrected chi connectivity index (χ4v) is 4.36. The number of carbonyl (C=O) groups is 1. The van der Waals surface area contributed by atoms with Crippen molar-refractivity contribution in [3.05, 3.63) is 58.4 Å². The van der Waals surface area contributed by atoms with Crippen LogP contribution >= 0.6 is 22.9 Å². The molecule has 3 aromatic rings. The minimum absolute atomic E-state index is 0.185. The molecule has 0 aliphatic carbocycles. The van der Waals surface area contributed by atoms with Crippen LogP contribution in [-0.4, -0.2) is 25.2 Å². The Labute approximate surface area is 160 Å². The summed E-state index contributed by atoms with van der Waals surface area (Å²) < 4.78 is 12.3. The number of nitrogens with one attached hydrogen (secondary N) is 1. The van der Waals surface area contributed by atoms with E-state index in [0.29, 0.717) is 22.2 Å². The van der Waals surface area contributed by atoms with Crippen LogP contribution in [0.3, 0.4) is 0 Å². The number of benzene rings is 2. The lowest BCUT2D eigenvalue weighted by Gasteiger charge is -2.12. The number of rotatable bonds is 5. The highest BCUT2D eigenvalue weighted by atomic mass is 35.5. The second-order valence-electron chi connectivity index (χ2n) is 6.17. The van der Waals surface area contributed by atoms with Crippen LogP contribution < -0.4 is 10.1 Å². The van der Waals surface area contributed by atoms with Crippen molar-refractivity contribution in [3.8, 4) is 5.75 Å². The van der Waals surface area contributed by atoms with Crippen LogP contribution in [0.1, 0.15) is 22.5 Å². The molecule has 1 aliphatic rings. The smallest absolute Gasteiger partial charge is 0.267 e. The number of fused-ring (bicyclic) bond motifs is 1. The molecule has 1 unspecified atom stereocenters. The monoisotopic (exact) mass is 387 g/mol. The molecule has 4 rings (SSSR count). The highest BCUT2D eigenvalue weighted by Crippen LogP contribution is 2.35. The molecule has 6 heteroatoms. The maximum Gasteiger partial charge on any atom is 0.267 e. The van der Waals surface area contributed by atoms with Crippen molar-refractivity contribution in [2.75, 3.05) is 18.5 Å². The lowest BCUT2D eigenvalue weighted by molar-refractivity contribution is 0.0679. The summed E-state index contributed by atoms with van der Waals surface area (Å²) in [7, 11) is 0. The fraction of sp³-hybridized carbons (Fsp3) is 0.250. The maximum atomic E-state index is 12.6. The first-order valence-electron chi connectivity index (χ1n) is 8.53. The number of anilines is 1. The second-order valence-corrected chi connectivity index (χ2v) is 7.60. The Morgan fingerprint density at radius 3 is 2.77 bits per heavy atom. The average Bonchev–Trinajstić information content (AvgIpc) is 3.30. The molecule has 1 aliphatic heterocycles. The number of thiophene rings is 1. The standard InChI is InChI=1S/C20H18ClNO3S/c21-18-16-5-1-2-6-17(16)26-19(18)20(23)22-13-7-9-14(10-8-13)25-12-15-4-3-11-24-15/h1-2,5-10,15H,3-4,11-12H2,(H,22,23). The summed E-state index contributed by atoms with van der Waals surface area (Å²) in [5.41, 5.74) is 0.702. The van der Waals surface area contributed by atoms with Gasteiger partial charge in [-0.05, 0) is 43.2 Å². The van der Waals surface area contributed by atoms with Gasteiger partial charge in [0.2, 0.25) is 0 Å². The minimum atomic E-state index is -0.204. The summed E-state index contributed by atoms with van der Waals surface area (Å²) in [5, 5.41) is 4.30. The van der Waals surface area contributed by atoms with Crippen molar-refractivity contribution >= 4 is 44.6 Å². The lowest BCUT2D eigenvalue weighted by atomic mass is 10.2. The van der Waals surface area contributed by atoms with E-state index in [9.17, 15) is 4.79 Å². The van der Waals surface area contributed by atoms with Gasteiger partial charge >= 0.3 is 0 Å². The number of hydrogen-bond donors (Lipinski definition) is 1. The number of halogens is 1. The Bertz CT molecular complexity index is 916. The molecule has 2 aromatic carbocycles. The van der Waals surface area contributed by atoms with Gasteiger partial charge in [0.25, 0.3) is 5.91 Å². The lowest BCUT2D eigenvalue weighted by Crippen LogP contribution is -2.16. The first kappa shape index (κ1) is 17.3. The minimum Gasteiger partial charge on any atom is -0.491 e. The number of amides is 1. The molecular formula is C20H18ClNO3S. The predicted molar refractivity (Wildman–Crippen MR) is 106 cm³/mol. The van der Waals surface area contributed by atoms with E-state index in [0.717, 1.165) is 35.3 Å². The number of hydrogen-bond acceptors (Lipinski definition) is 4. The Morgan fingerprint density at radius 1 is 1.23 bits per heavy atom. The van der Waals surface area contributed by atoms with Gasteiger partial charge in [-0.2, -0.15) is 0 Å². The van der Waals surface area contributed by atoms with Crippen LogP contribution in [0.5, 0.6) is 5.75 Å². The van der Waals surface area contributed by atoms with Crippen LogP contribution in [0.4, 0.5) is 5.69 Å². The predicted octanol–water partition coefficient (Wildman–Crippen LogP) is 5.36. The van der Waals surface area contributed by atoms with E-state index in [1.54, 1.807) is 0 Å². The Morgan fingerprint density at radius 2 is 2.04 bits per heavy atom. The van der Waals surface area contributed by atoms with Gasteiger partial charge in [0.05, 0.1) is 11.1 Å². The summed E-state index contributed by atoms with van der Waals surface area (Å²) in [5.74, 6) is 0.558. The summed E-state index contributed by atoms with van der Waals surface area (Å²) in [6.07, 6.45) is 2.33. The van der Waals surface area contributed by atoms with Crippen molar-refractivity contribution in [1.29, 1.82) is 0 Å². The Kier molecular flexibility index (Phi) is 5.11. The van der Waals surface area contributed by atoms with Gasteiger partial charge in [-0.25, -0.2) is 0 Å². The first-order valence-corrected chi connectivity index (χ1v) is 9.73. The molecule has 1 fully saturated rings. The van der Waals surface area contributed by atoms with Crippen molar-refractivity contribution in [2.24, 2.45) is 0 Å². The largest absolute Gasteiger partial charge is 0.491 e. The molecule has 2 heterocycles. The van der Waals surface area contributed by atoms with E-state index in [2.05, 4.69) is 5.32 Å².